The van der Waals surface area contributed by atoms with E-state index in [2.05, 4.69) is 39.8 Å². The fourth-order valence-corrected chi connectivity index (χ4v) is 1.62. The smallest absolute Gasteiger partial charge is 0.0290 e. The Bertz CT molecular complexity index is 133. The van der Waals surface area contributed by atoms with Crippen LogP contribution in [-0.2, 0) is 0 Å². The van der Waals surface area contributed by atoms with E-state index in [0.29, 0.717) is 5.92 Å². The van der Waals surface area contributed by atoms with E-state index in [1.54, 1.807) is 0 Å². The largest absolute Gasteiger partial charge is 0.0880 e. The first-order valence-electron chi connectivity index (χ1n) is 6.33. The lowest BCUT2D eigenvalue weighted by Gasteiger charge is -2.08. The molecule has 1 unspecified atom stereocenters. The number of hydrogen-bond acceptors (Lipinski definition) is 0. The molecule has 0 heteroatoms. The Morgan fingerprint density at radius 2 is 1.71 bits per heavy atom. The minimum atomic E-state index is 0.710. The zero-order chi connectivity index (χ0) is 10.8. The van der Waals surface area contributed by atoms with E-state index in [4.69, 9.17) is 0 Å². The first kappa shape index (κ1) is 13.7. The number of hydrogen-bond donors (Lipinski definition) is 0. The average Bonchev–Trinajstić information content (AvgIpc) is 2.12. The third-order valence-electron chi connectivity index (χ3n) is 2.61. The van der Waals surface area contributed by atoms with Crippen molar-refractivity contribution in [1.82, 2.24) is 0 Å². The summed E-state index contributed by atoms with van der Waals surface area (Å²) in [5.41, 5.74) is 0. The van der Waals surface area contributed by atoms with Gasteiger partial charge in [0.15, 0.2) is 0 Å². The van der Waals surface area contributed by atoms with Gasteiger partial charge in [-0.15, -0.1) is 0 Å². The van der Waals surface area contributed by atoms with Crippen LogP contribution < -0.4 is 0 Å². The topological polar surface area (TPSA) is 0 Å². The van der Waals surface area contributed by atoms with Crippen LogP contribution in [0.15, 0.2) is 12.2 Å². The van der Waals surface area contributed by atoms with Crippen molar-refractivity contribution >= 4 is 0 Å². The van der Waals surface area contributed by atoms with Gasteiger partial charge in [-0.3, -0.25) is 0 Å². The molecule has 0 aliphatic carbocycles. The highest BCUT2D eigenvalue weighted by Gasteiger charge is 1.99. The van der Waals surface area contributed by atoms with Crippen LogP contribution in [0.1, 0.15) is 66.2 Å². The van der Waals surface area contributed by atoms with Crippen LogP contribution in [0.3, 0.4) is 0 Å². The van der Waals surface area contributed by atoms with E-state index in [9.17, 15) is 0 Å². The maximum Gasteiger partial charge on any atom is -0.0290 e. The Balaban J connectivity index is 3.32. The fourth-order valence-electron chi connectivity index (χ4n) is 1.62. The second kappa shape index (κ2) is 9.30. The van der Waals surface area contributed by atoms with Gasteiger partial charge in [0.2, 0.25) is 0 Å². The lowest BCUT2D eigenvalue weighted by atomic mass is 9.99. The lowest BCUT2D eigenvalue weighted by Crippen LogP contribution is -1.93. The van der Waals surface area contributed by atoms with Gasteiger partial charge in [0.1, 0.15) is 0 Å². The normalized spacial score (nSPS) is 14.1. The van der Waals surface area contributed by atoms with Crippen LogP contribution >= 0.6 is 0 Å². The minimum Gasteiger partial charge on any atom is -0.0880 e. The van der Waals surface area contributed by atoms with Gasteiger partial charge in [0, 0.05) is 0 Å². The second-order valence-electron chi connectivity index (χ2n) is 4.86. The maximum atomic E-state index is 2.37. The highest BCUT2D eigenvalue weighted by Crippen LogP contribution is 2.14. The van der Waals surface area contributed by atoms with Crippen molar-refractivity contribution in [3.8, 4) is 0 Å². The van der Waals surface area contributed by atoms with E-state index in [0.717, 1.165) is 5.92 Å². The Labute approximate surface area is 90.8 Å². The van der Waals surface area contributed by atoms with Crippen molar-refractivity contribution < 1.29 is 0 Å². The predicted octanol–water partition coefficient (Wildman–Crippen LogP) is 5.20. The summed E-state index contributed by atoms with van der Waals surface area (Å²) in [6.45, 7) is 9.12. The molecule has 0 aromatic heterocycles. The van der Waals surface area contributed by atoms with Gasteiger partial charge in [0.25, 0.3) is 0 Å². The fraction of sp³-hybridized carbons (Fsp3) is 0.857. The summed E-state index contributed by atoms with van der Waals surface area (Å²) < 4.78 is 0. The first-order valence-corrected chi connectivity index (χ1v) is 6.33. The van der Waals surface area contributed by atoms with E-state index in [1.165, 1.54) is 38.5 Å². The quantitative estimate of drug-likeness (QED) is 0.370. The van der Waals surface area contributed by atoms with Crippen LogP contribution in [0.2, 0.25) is 0 Å². The molecular weight excluding hydrogens is 168 g/mol. The second-order valence-corrected chi connectivity index (χ2v) is 4.86. The zero-order valence-corrected chi connectivity index (χ0v) is 10.6. The molecule has 0 spiro atoms. The molecule has 0 saturated carbocycles. The monoisotopic (exact) mass is 196 g/mol. The van der Waals surface area contributed by atoms with E-state index in [-0.39, 0.29) is 0 Å². The number of rotatable bonds is 8. The van der Waals surface area contributed by atoms with Crippen molar-refractivity contribution in [2.45, 2.75) is 66.2 Å². The van der Waals surface area contributed by atoms with Crippen molar-refractivity contribution in [2.24, 2.45) is 11.8 Å². The van der Waals surface area contributed by atoms with Crippen LogP contribution in [0, 0.1) is 11.8 Å². The molecule has 14 heavy (non-hydrogen) atoms. The SMILES string of the molecule is CCCCCCC(C)CC=CC(C)C. The molecule has 0 radical (unpaired) electrons. The molecular formula is C14H28. The molecule has 0 bridgehead atoms. The Morgan fingerprint density at radius 3 is 2.29 bits per heavy atom. The average molecular weight is 196 g/mol. The van der Waals surface area contributed by atoms with Crippen molar-refractivity contribution in [3.05, 3.63) is 12.2 Å². The van der Waals surface area contributed by atoms with Gasteiger partial charge in [-0.25, -0.2) is 0 Å². The number of unbranched alkanes of at least 4 members (excludes halogenated alkanes) is 3. The van der Waals surface area contributed by atoms with Gasteiger partial charge < -0.3 is 0 Å². The molecule has 0 amide bonds. The standard InChI is InChI=1S/C14H28/c1-5-6-7-8-11-14(4)12-9-10-13(2)3/h9-10,13-14H,5-8,11-12H2,1-4H3. The van der Waals surface area contributed by atoms with Gasteiger partial charge in [-0.2, -0.15) is 0 Å². The summed E-state index contributed by atoms with van der Waals surface area (Å²) in [4.78, 5) is 0. The third kappa shape index (κ3) is 9.83. The molecule has 0 N–H and O–H groups in total. The highest BCUT2D eigenvalue weighted by molar-refractivity contribution is 4.85. The van der Waals surface area contributed by atoms with E-state index < -0.39 is 0 Å². The summed E-state index contributed by atoms with van der Waals surface area (Å²) in [7, 11) is 0. The molecule has 0 nitrogen and oxygen atoms in total. The molecule has 0 heterocycles. The first-order chi connectivity index (χ1) is 6.66. The summed E-state index contributed by atoms with van der Waals surface area (Å²) in [6, 6.07) is 0. The summed E-state index contributed by atoms with van der Waals surface area (Å²) in [5, 5.41) is 0. The zero-order valence-electron chi connectivity index (χ0n) is 10.6. The van der Waals surface area contributed by atoms with Gasteiger partial charge in [-0.1, -0.05) is 72.0 Å². The number of allylic oxidation sites excluding steroid dienone is 2. The van der Waals surface area contributed by atoms with Crippen LogP contribution in [0.25, 0.3) is 0 Å². The van der Waals surface area contributed by atoms with Crippen LogP contribution in [0.4, 0.5) is 0 Å². The predicted molar refractivity (Wildman–Crippen MR) is 66.5 cm³/mol. The molecule has 0 rings (SSSR count). The lowest BCUT2D eigenvalue weighted by molar-refractivity contribution is 0.493. The van der Waals surface area contributed by atoms with Gasteiger partial charge in [0.05, 0.1) is 0 Å². The van der Waals surface area contributed by atoms with Crippen LogP contribution in [-0.4, -0.2) is 0 Å². The Morgan fingerprint density at radius 1 is 1.00 bits per heavy atom. The van der Waals surface area contributed by atoms with Crippen molar-refractivity contribution in [1.29, 1.82) is 0 Å². The molecule has 1 atom stereocenters. The van der Waals surface area contributed by atoms with Gasteiger partial charge >= 0.3 is 0 Å². The molecule has 0 aliphatic rings. The molecule has 84 valence electrons. The van der Waals surface area contributed by atoms with Gasteiger partial charge in [-0.05, 0) is 18.3 Å². The highest BCUT2D eigenvalue weighted by atomic mass is 14.0. The Hall–Kier alpha value is -0.260. The maximum absolute atomic E-state index is 2.37. The summed E-state index contributed by atoms with van der Waals surface area (Å²) >= 11 is 0. The molecule has 0 aliphatic heterocycles. The van der Waals surface area contributed by atoms with E-state index in [1.807, 2.05) is 0 Å². The van der Waals surface area contributed by atoms with Crippen molar-refractivity contribution in [2.75, 3.05) is 0 Å². The molecule has 0 fully saturated rings. The molecule has 0 aromatic rings. The van der Waals surface area contributed by atoms with Crippen molar-refractivity contribution in [3.63, 3.8) is 0 Å². The Kier molecular flexibility index (Phi) is 9.13. The summed E-state index contributed by atoms with van der Waals surface area (Å²) in [6.07, 6.45) is 13.0. The third-order valence-corrected chi connectivity index (χ3v) is 2.61. The van der Waals surface area contributed by atoms with E-state index >= 15 is 0 Å². The van der Waals surface area contributed by atoms with Crippen LogP contribution in [0.5, 0.6) is 0 Å². The molecule has 0 aromatic carbocycles. The minimum absolute atomic E-state index is 0.710. The molecule has 0 saturated heterocycles. The summed E-state index contributed by atoms with van der Waals surface area (Å²) in [5.74, 6) is 1.59.